The fraction of sp³-hybridized carbons (Fsp3) is 0.286. The van der Waals surface area contributed by atoms with Gasteiger partial charge < -0.3 is 9.47 Å². The molecule has 0 spiro atoms. The zero-order chi connectivity index (χ0) is 9.84. The van der Waals surface area contributed by atoms with E-state index in [9.17, 15) is 4.79 Å². The molecule has 1 rings (SSSR count). The molecule has 70 valence electrons. The molecule has 1 heterocycles. The van der Waals surface area contributed by atoms with E-state index in [2.05, 4.69) is 30.6 Å². The predicted molar refractivity (Wildman–Crippen MR) is 47.6 cm³/mol. The monoisotopic (exact) mass is 246 g/mol. The first-order chi connectivity index (χ1) is 6.20. The number of aromatic nitrogens is 2. The summed E-state index contributed by atoms with van der Waals surface area (Å²) in [4.78, 5) is 18.6. The van der Waals surface area contributed by atoms with Gasteiger partial charge in [-0.15, -0.1) is 0 Å². The van der Waals surface area contributed by atoms with Crippen molar-refractivity contribution in [1.82, 2.24) is 9.97 Å². The van der Waals surface area contributed by atoms with E-state index in [0.29, 0.717) is 10.4 Å². The van der Waals surface area contributed by atoms with Crippen molar-refractivity contribution in [2.24, 2.45) is 0 Å². The van der Waals surface area contributed by atoms with E-state index in [1.54, 1.807) is 0 Å². The van der Waals surface area contributed by atoms with Gasteiger partial charge in [-0.25, -0.2) is 14.8 Å². The highest BCUT2D eigenvalue weighted by Crippen LogP contribution is 2.24. The lowest BCUT2D eigenvalue weighted by Crippen LogP contribution is -2.06. The van der Waals surface area contributed by atoms with Crippen molar-refractivity contribution in [2.75, 3.05) is 14.2 Å². The van der Waals surface area contributed by atoms with Gasteiger partial charge in [-0.3, -0.25) is 0 Å². The second-order valence-corrected chi connectivity index (χ2v) is 2.83. The van der Waals surface area contributed by atoms with Crippen LogP contribution < -0.4 is 4.74 Å². The summed E-state index contributed by atoms with van der Waals surface area (Å²) >= 11 is 3.13. The number of methoxy groups -OCH3 is 2. The number of esters is 1. The van der Waals surface area contributed by atoms with Gasteiger partial charge in [0.1, 0.15) is 10.8 Å². The third kappa shape index (κ3) is 1.95. The van der Waals surface area contributed by atoms with Crippen LogP contribution >= 0.6 is 15.9 Å². The van der Waals surface area contributed by atoms with Crippen LogP contribution in [0.2, 0.25) is 0 Å². The van der Waals surface area contributed by atoms with Gasteiger partial charge in [-0.05, 0) is 15.9 Å². The van der Waals surface area contributed by atoms with Gasteiger partial charge in [0.05, 0.1) is 14.2 Å². The van der Waals surface area contributed by atoms with Crippen LogP contribution in [0, 0.1) is 0 Å². The van der Waals surface area contributed by atoms with Gasteiger partial charge in [0, 0.05) is 0 Å². The van der Waals surface area contributed by atoms with Gasteiger partial charge in [0.25, 0.3) is 0 Å². The maximum atomic E-state index is 11.1. The van der Waals surface area contributed by atoms with Crippen molar-refractivity contribution in [3.63, 3.8) is 0 Å². The number of rotatable bonds is 2. The summed E-state index contributed by atoms with van der Waals surface area (Å²) in [7, 11) is 2.73. The maximum absolute atomic E-state index is 11.1. The normalized spacial score (nSPS) is 9.46. The van der Waals surface area contributed by atoms with E-state index < -0.39 is 5.97 Å². The van der Waals surface area contributed by atoms with Crippen LogP contribution in [0.25, 0.3) is 0 Å². The molecule has 0 aromatic carbocycles. The van der Waals surface area contributed by atoms with Crippen molar-refractivity contribution >= 4 is 21.9 Å². The number of carbonyl (C=O) groups is 1. The molecule has 1 aromatic rings. The molecular formula is C7H7BrN2O3. The number of carbonyl (C=O) groups excluding carboxylic acids is 1. The second-order valence-electron chi connectivity index (χ2n) is 2.04. The highest BCUT2D eigenvalue weighted by molar-refractivity contribution is 9.10. The van der Waals surface area contributed by atoms with Crippen molar-refractivity contribution in [2.45, 2.75) is 0 Å². The van der Waals surface area contributed by atoms with Crippen molar-refractivity contribution in [3.05, 3.63) is 16.5 Å². The fourth-order valence-corrected chi connectivity index (χ4v) is 1.26. The van der Waals surface area contributed by atoms with E-state index in [1.165, 1.54) is 20.5 Å². The average Bonchev–Trinajstić information content (AvgIpc) is 2.17. The molecule has 0 amide bonds. The quantitative estimate of drug-likeness (QED) is 0.730. The molecule has 6 heteroatoms. The zero-order valence-corrected chi connectivity index (χ0v) is 8.66. The Kier molecular flexibility index (Phi) is 3.18. The summed E-state index contributed by atoms with van der Waals surface area (Å²) in [6, 6.07) is 0. The standard InChI is InChI=1S/C7H7BrN2O3/c1-12-6-4(8)5(7(11)13-2)9-3-10-6/h3H,1-2H3. The molecule has 0 saturated heterocycles. The number of nitrogens with zero attached hydrogens (tertiary/aromatic N) is 2. The molecule has 1 aromatic heterocycles. The average molecular weight is 247 g/mol. The first kappa shape index (κ1) is 9.91. The van der Waals surface area contributed by atoms with Gasteiger partial charge in [-0.2, -0.15) is 0 Å². The van der Waals surface area contributed by atoms with E-state index in [4.69, 9.17) is 4.74 Å². The first-order valence-corrected chi connectivity index (χ1v) is 4.12. The van der Waals surface area contributed by atoms with Crippen LogP contribution in [0.4, 0.5) is 0 Å². The molecule has 0 unspecified atom stereocenters. The molecule has 0 radical (unpaired) electrons. The van der Waals surface area contributed by atoms with Gasteiger partial charge >= 0.3 is 5.97 Å². The smallest absolute Gasteiger partial charge is 0.358 e. The van der Waals surface area contributed by atoms with E-state index >= 15 is 0 Å². The molecule has 0 atom stereocenters. The maximum Gasteiger partial charge on any atom is 0.358 e. The fourth-order valence-electron chi connectivity index (χ4n) is 0.735. The summed E-state index contributed by atoms with van der Waals surface area (Å²) < 4.78 is 9.77. The molecular weight excluding hydrogens is 240 g/mol. The third-order valence-electron chi connectivity index (χ3n) is 1.33. The third-order valence-corrected chi connectivity index (χ3v) is 2.04. The number of ether oxygens (including phenoxy) is 2. The lowest BCUT2D eigenvalue weighted by molar-refractivity contribution is 0.0592. The van der Waals surface area contributed by atoms with Crippen molar-refractivity contribution in [1.29, 1.82) is 0 Å². The van der Waals surface area contributed by atoms with Crippen LogP contribution in [0.3, 0.4) is 0 Å². The Balaban J connectivity index is 3.15. The molecule has 5 nitrogen and oxygen atoms in total. The lowest BCUT2D eigenvalue weighted by atomic mass is 10.4. The van der Waals surface area contributed by atoms with Crippen LogP contribution in [-0.2, 0) is 4.74 Å². The van der Waals surface area contributed by atoms with Crippen LogP contribution in [0.5, 0.6) is 5.88 Å². The Morgan fingerprint density at radius 1 is 1.46 bits per heavy atom. The Hall–Kier alpha value is -1.17. The number of hydrogen-bond donors (Lipinski definition) is 0. The van der Waals surface area contributed by atoms with Crippen molar-refractivity contribution in [3.8, 4) is 5.88 Å². The molecule has 0 N–H and O–H groups in total. The molecule has 0 aliphatic carbocycles. The predicted octanol–water partition coefficient (Wildman–Crippen LogP) is 1.03. The molecule has 0 saturated carbocycles. The Labute approximate surface area is 83.2 Å². The highest BCUT2D eigenvalue weighted by Gasteiger charge is 2.16. The van der Waals surface area contributed by atoms with E-state index in [1.807, 2.05) is 0 Å². The second kappa shape index (κ2) is 4.18. The largest absolute Gasteiger partial charge is 0.480 e. The Bertz CT molecular complexity index is 330. The summed E-state index contributed by atoms with van der Waals surface area (Å²) in [6.07, 6.45) is 1.23. The minimum atomic E-state index is -0.535. The molecule has 0 fully saturated rings. The SMILES string of the molecule is COC(=O)c1ncnc(OC)c1Br. The van der Waals surface area contributed by atoms with Gasteiger partial charge in [-0.1, -0.05) is 0 Å². The van der Waals surface area contributed by atoms with E-state index in [0.717, 1.165) is 0 Å². The molecule has 0 aliphatic heterocycles. The lowest BCUT2D eigenvalue weighted by Gasteiger charge is -2.04. The molecule has 0 bridgehead atoms. The first-order valence-electron chi connectivity index (χ1n) is 3.33. The van der Waals surface area contributed by atoms with Crippen LogP contribution in [0.15, 0.2) is 10.8 Å². The summed E-state index contributed by atoms with van der Waals surface area (Å²) in [5.41, 5.74) is 0.148. The van der Waals surface area contributed by atoms with Crippen molar-refractivity contribution < 1.29 is 14.3 Å². The minimum absolute atomic E-state index is 0.148. The number of hydrogen-bond acceptors (Lipinski definition) is 5. The highest BCUT2D eigenvalue weighted by atomic mass is 79.9. The summed E-state index contributed by atoms with van der Waals surface area (Å²) in [6.45, 7) is 0. The van der Waals surface area contributed by atoms with Crippen LogP contribution in [0.1, 0.15) is 10.5 Å². The number of halogens is 1. The van der Waals surface area contributed by atoms with Crippen LogP contribution in [-0.4, -0.2) is 30.2 Å². The van der Waals surface area contributed by atoms with E-state index in [-0.39, 0.29) is 5.69 Å². The topological polar surface area (TPSA) is 61.3 Å². The molecule has 13 heavy (non-hydrogen) atoms. The summed E-state index contributed by atoms with van der Waals surface area (Å²) in [5, 5.41) is 0. The van der Waals surface area contributed by atoms with Gasteiger partial charge in [0.2, 0.25) is 5.88 Å². The summed E-state index contributed by atoms with van der Waals surface area (Å²) in [5.74, 6) is -0.233. The Morgan fingerprint density at radius 2 is 2.15 bits per heavy atom. The zero-order valence-electron chi connectivity index (χ0n) is 7.07. The molecule has 0 aliphatic rings. The minimum Gasteiger partial charge on any atom is -0.480 e. The van der Waals surface area contributed by atoms with Gasteiger partial charge in [0.15, 0.2) is 5.69 Å². The Morgan fingerprint density at radius 3 is 2.69 bits per heavy atom.